The normalized spacial score (nSPS) is 13.7. The van der Waals surface area contributed by atoms with Gasteiger partial charge in [-0.25, -0.2) is 0 Å². The lowest BCUT2D eigenvalue weighted by Crippen LogP contribution is -2.39. The van der Waals surface area contributed by atoms with Crippen LogP contribution in [0.4, 0.5) is 0 Å². The van der Waals surface area contributed by atoms with Crippen molar-refractivity contribution < 1.29 is 13.3 Å². The first kappa shape index (κ1) is 15.4. The average Bonchev–Trinajstić information content (AvgIpc) is 2.26. The van der Waals surface area contributed by atoms with Crippen LogP contribution in [0.25, 0.3) is 0 Å². The van der Waals surface area contributed by atoms with Crippen molar-refractivity contribution in [2.24, 2.45) is 0 Å². The van der Waals surface area contributed by atoms with Crippen molar-refractivity contribution in [1.29, 1.82) is 0 Å². The van der Waals surface area contributed by atoms with Crippen molar-refractivity contribution in [3.05, 3.63) is 29.8 Å². The van der Waals surface area contributed by atoms with Crippen molar-refractivity contribution in [2.75, 3.05) is 7.11 Å². The molecule has 18 heavy (non-hydrogen) atoms. The molecule has 0 aliphatic heterocycles. The van der Waals surface area contributed by atoms with Crippen molar-refractivity contribution in [1.82, 2.24) is 0 Å². The Morgan fingerprint density at radius 2 is 1.67 bits per heavy atom. The Bertz CT molecular complexity index is 363. The summed E-state index contributed by atoms with van der Waals surface area (Å²) >= 11 is 0. The van der Waals surface area contributed by atoms with E-state index < -0.39 is 17.6 Å². The molecule has 0 saturated carbocycles. The molecule has 0 amide bonds. The van der Waals surface area contributed by atoms with Crippen molar-refractivity contribution in [3.63, 3.8) is 0 Å². The maximum atomic E-state index is 6.12. The van der Waals surface area contributed by atoms with Crippen LogP contribution in [0.2, 0.25) is 26.2 Å². The van der Waals surface area contributed by atoms with E-state index >= 15 is 0 Å². The van der Waals surface area contributed by atoms with E-state index in [-0.39, 0.29) is 6.10 Å². The summed E-state index contributed by atoms with van der Waals surface area (Å²) in [6.45, 7) is 10.6. The molecule has 1 unspecified atom stereocenters. The SMILES string of the molecule is COc1ccc(C(C)O[Si](C)(C)O[SiH](C)C)cc1. The van der Waals surface area contributed by atoms with Gasteiger partial charge in [-0.1, -0.05) is 12.1 Å². The molecule has 102 valence electrons. The highest BCUT2D eigenvalue weighted by Crippen LogP contribution is 2.24. The van der Waals surface area contributed by atoms with Crippen LogP contribution in [0.5, 0.6) is 5.75 Å². The van der Waals surface area contributed by atoms with Crippen LogP contribution in [-0.2, 0) is 8.54 Å². The Labute approximate surface area is 113 Å². The molecule has 0 N–H and O–H groups in total. The predicted molar refractivity (Wildman–Crippen MR) is 79.9 cm³/mol. The molecular weight excluding hydrogens is 260 g/mol. The highest BCUT2D eigenvalue weighted by atomic mass is 28.4. The minimum absolute atomic E-state index is 0.0605. The highest BCUT2D eigenvalue weighted by Gasteiger charge is 2.28. The lowest BCUT2D eigenvalue weighted by Gasteiger charge is -2.29. The number of hydrogen-bond donors (Lipinski definition) is 0. The summed E-state index contributed by atoms with van der Waals surface area (Å²) in [4.78, 5) is 0. The van der Waals surface area contributed by atoms with E-state index in [0.29, 0.717) is 0 Å². The topological polar surface area (TPSA) is 27.7 Å². The van der Waals surface area contributed by atoms with E-state index in [1.54, 1.807) is 7.11 Å². The molecule has 0 spiro atoms. The van der Waals surface area contributed by atoms with E-state index in [9.17, 15) is 0 Å². The molecule has 0 saturated heterocycles. The second-order valence-corrected chi connectivity index (χ2v) is 11.2. The molecule has 5 heteroatoms. The summed E-state index contributed by atoms with van der Waals surface area (Å²) in [6, 6.07) is 8.01. The molecule has 0 aromatic heterocycles. The van der Waals surface area contributed by atoms with Crippen LogP contribution in [0.1, 0.15) is 18.6 Å². The summed E-state index contributed by atoms with van der Waals surface area (Å²) in [5.74, 6) is 0.869. The van der Waals surface area contributed by atoms with Crippen molar-refractivity contribution in [3.8, 4) is 5.75 Å². The predicted octanol–water partition coefficient (Wildman–Crippen LogP) is 3.47. The highest BCUT2D eigenvalue weighted by molar-refractivity contribution is 6.72. The lowest BCUT2D eigenvalue weighted by atomic mass is 10.1. The summed E-state index contributed by atoms with van der Waals surface area (Å²) in [6.07, 6.45) is 0.0605. The second kappa shape index (κ2) is 6.51. The third-order valence-electron chi connectivity index (χ3n) is 2.57. The Morgan fingerprint density at radius 1 is 1.11 bits per heavy atom. The molecule has 1 aromatic carbocycles. The third kappa shape index (κ3) is 4.93. The van der Waals surface area contributed by atoms with Gasteiger partial charge in [0.25, 0.3) is 0 Å². The number of ether oxygens (including phenoxy) is 1. The third-order valence-corrected chi connectivity index (χ3v) is 7.64. The molecule has 0 radical (unpaired) electrons. The summed E-state index contributed by atoms with van der Waals surface area (Å²) in [5.41, 5.74) is 1.16. The molecule has 0 aliphatic rings. The Morgan fingerprint density at radius 3 is 2.11 bits per heavy atom. The summed E-state index contributed by atoms with van der Waals surface area (Å²) in [5, 5.41) is 0. The van der Waals surface area contributed by atoms with Gasteiger partial charge in [-0.3, -0.25) is 0 Å². The van der Waals surface area contributed by atoms with Crippen LogP contribution in [-0.4, -0.2) is 24.7 Å². The van der Waals surface area contributed by atoms with Crippen molar-refractivity contribution in [2.45, 2.75) is 39.2 Å². The quantitative estimate of drug-likeness (QED) is 0.749. The Balaban J connectivity index is 2.66. The van der Waals surface area contributed by atoms with Gasteiger partial charge in [0.05, 0.1) is 13.2 Å². The van der Waals surface area contributed by atoms with E-state index in [4.69, 9.17) is 13.3 Å². The molecule has 3 nitrogen and oxygen atoms in total. The average molecular weight is 285 g/mol. The monoisotopic (exact) mass is 284 g/mol. The fourth-order valence-corrected chi connectivity index (χ4v) is 7.71. The largest absolute Gasteiger partial charge is 0.497 e. The minimum Gasteiger partial charge on any atom is -0.497 e. The Kier molecular flexibility index (Phi) is 5.58. The second-order valence-electron chi connectivity index (χ2n) is 5.10. The fraction of sp³-hybridized carbons (Fsp3) is 0.538. The van der Waals surface area contributed by atoms with Gasteiger partial charge in [0.2, 0.25) is 0 Å². The van der Waals surface area contributed by atoms with E-state index in [2.05, 4.69) is 33.1 Å². The van der Waals surface area contributed by atoms with Gasteiger partial charge >= 0.3 is 8.56 Å². The number of rotatable bonds is 6. The first-order valence-corrected chi connectivity index (χ1v) is 11.9. The molecule has 1 atom stereocenters. The van der Waals surface area contributed by atoms with Crippen LogP contribution >= 0.6 is 0 Å². The Hall–Kier alpha value is -0.626. The molecular formula is C13H24O3Si2. The first-order valence-electron chi connectivity index (χ1n) is 6.33. The molecule has 1 rings (SSSR count). The standard InChI is InChI=1S/C13H24O3Si2/c1-11(15-18(5,6)16-17(3)4)12-7-9-13(14-2)10-8-12/h7-11,17H,1-6H3. The van der Waals surface area contributed by atoms with Gasteiger partial charge in [0.1, 0.15) is 5.75 Å². The van der Waals surface area contributed by atoms with Crippen LogP contribution < -0.4 is 4.74 Å². The minimum atomic E-state index is -2.00. The lowest BCUT2D eigenvalue weighted by molar-refractivity contribution is 0.176. The molecule has 0 fully saturated rings. The van der Waals surface area contributed by atoms with Gasteiger partial charge in [0, 0.05) is 0 Å². The maximum absolute atomic E-state index is 6.12. The zero-order chi connectivity index (χ0) is 13.8. The molecule has 0 heterocycles. The van der Waals surface area contributed by atoms with Gasteiger partial charge < -0.3 is 13.3 Å². The molecule has 1 aromatic rings. The van der Waals surface area contributed by atoms with E-state index in [1.807, 2.05) is 24.3 Å². The number of hydrogen-bond acceptors (Lipinski definition) is 3. The van der Waals surface area contributed by atoms with Crippen LogP contribution in [0.15, 0.2) is 24.3 Å². The van der Waals surface area contributed by atoms with Gasteiger partial charge in [-0.2, -0.15) is 0 Å². The van der Waals surface area contributed by atoms with Crippen LogP contribution in [0.3, 0.4) is 0 Å². The van der Waals surface area contributed by atoms with E-state index in [0.717, 1.165) is 11.3 Å². The first-order chi connectivity index (χ1) is 8.34. The van der Waals surface area contributed by atoms with Gasteiger partial charge in [0.15, 0.2) is 9.04 Å². The zero-order valence-corrected chi connectivity index (χ0v) is 14.3. The van der Waals surface area contributed by atoms with Crippen molar-refractivity contribution >= 4 is 17.6 Å². The number of methoxy groups -OCH3 is 1. The van der Waals surface area contributed by atoms with Gasteiger partial charge in [-0.05, 0) is 50.8 Å². The maximum Gasteiger partial charge on any atom is 0.321 e. The van der Waals surface area contributed by atoms with Gasteiger partial charge in [-0.15, -0.1) is 0 Å². The summed E-state index contributed by atoms with van der Waals surface area (Å²) in [7, 11) is -1.38. The van der Waals surface area contributed by atoms with E-state index in [1.165, 1.54) is 0 Å². The summed E-state index contributed by atoms with van der Waals surface area (Å²) < 4.78 is 17.3. The number of benzene rings is 1. The fourth-order valence-electron chi connectivity index (χ4n) is 1.96. The zero-order valence-electron chi connectivity index (χ0n) is 12.2. The van der Waals surface area contributed by atoms with Crippen LogP contribution in [0, 0.1) is 0 Å². The molecule has 0 bridgehead atoms. The molecule has 0 aliphatic carbocycles. The smallest absolute Gasteiger partial charge is 0.321 e.